The van der Waals surface area contributed by atoms with Crippen molar-refractivity contribution in [1.82, 2.24) is 10.3 Å². The predicted octanol–water partition coefficient (Wildman–Crippen LogP) is 0.0809. The van der Waals surface area contributed by atoms with Crippen molar-refractivity contribution < 1.29 is 9.53 Å². The minimum Gasteiger partial charge on any atom is -0.398 e. The molecule has 0 aromatic carbocycles. The molecule has 0 amide bonds. The van der Waals surface area contributed by atoms with Gasteiger partial charge < -0.3 is 15.8 Å². The highest BCUT2D eigenvalue weighted by atomic mass is 16.5. The molecule has 1 aliphatic heterocycles. The van der Waals surface area contributed by atoms with Gasteiger partial charge in [0.05, 0.1) is 24.7 Å². The number of ketones is 1. The first kappa shape index (κ1) is 11.0. The van der Waals surface area contributed by atoms with Gasteiger partial charge in [0.1, 0.15) is 0 Å². The topological polar surface area (TPSA) is 77.2 Å². The summed E-state index contributed by atoms with van der Waals surface area (Å²) >= 11 is 0. The van der Waals surface area contributed by atoms with Crippen molar-refractivity contribution in [2.45, 2.75) is 6.04 Å². The van der Waals surface area contributed by atoms with E-state index in [9.17, 15) is 4.79 Å². The summed E-state index contributed by atoms with van der Waals surface area (Å²) in [6.07, 6.45) is 3.09. The molecular weight excluding hydrogens is 206 g/mol. The lowest BCUT2D eigenvalue weighted by atomic mass is 9.93. The second kappa shape index (κ2) is 4.59. The average molecular weight is 221 g/mol. The van der Waals surface area contributed by atoms with E-state index in [1.54, 1.807) is 12.3 Å². The van der Waals surface area contributed by atoms with Crippen LogP contribution < -0.4 is 11.1 Å². The van der Waals surface area contributed by atoms with Crippen LogP contribution in [-0.4, -0.2) is 37.1 Å². The van der Waals surface area contributed by atoms with Gasteiger partial charge in [0, 0.05) is 24.1 Å². The second-order valence-corrected chi connectivity index (χ2v) is 3.87. The Kier molecular flexibility index (Phi) is 3.17. The van der Waals surface area contributed by atoms with Crippen LogP contribution in [-0.2, 0) is 4.74 Å². The molecule has 1 saturated heterocycles. The molecule has 0 bridgehead atoms. The van der Waals surface area contributed by atoms with Crippen LogP contribution in [0.1, 0.15) is 10.4 Å². The van der Waals surface area contributed by atoms with Gasteiger partial charge in [-0.3, -0.25) is 9.78 Å². The maximum absolute atomic E-state index is 12.2. The van der Waals surface area contributed by atoms with Gasteiger partial charge in [0.25, 0.3) is 0 Å². The fraction of sp³-hybridized carbons (Fsp3) is 0.455. The molecule has 5 heteroatoms. The number of hydrogen-bond donors (Lipinski definition) is 2. The molecule has 0 aliphatic carbocycles. The van der Waals surface area contributed by atoms with Crippen molar-refractivity contribution in [2.75, 3.05) is 26.0 Å². The van der Waals surface area contributed by atoms with Gasteiger partial charge in [-0.05, 0) is 13.1 Å². The standard InChI is InChI=1S/C11H15N3O2/c1-13-10-6-16-5-8(10)11(15)7-4-14-3-2-9(7)12/h2-4,8,10,13H,5-6H2,1H3,(H2,12,14). The van der Waals surface area contributed by atoms with Crippen LogP contribution in [0.3, 0.4) is 0 Å². The quantitative estimate of drug-likeness (QED) is 0.707. The van der Waals surface area contributed by atoms with Crippen LogP contribution >= 0.6 is 0 Å². The van der Waals surface area contributed by atoms with Gasteiger partial charge in [-0.25, -0.2) is 0 Å². The maximum Gasteiger partial charge on any atom is 0.173 e. The number of likely N-dealkylation sites (N-methyl/N-ethyl adjacent to an activating group) is 1. The lowest BCUT2D eigenvalue weighted by molar-refractivity contribution is 0.0893. The van der Waals surface area contributed by atoms with E-state index in [2.05, 4.69) is 10.3 Å². The summed E-state index contributed by atoms with van der Waals surface area (Å²) in [4.78, 5) is 16.1. The second-order valence-electron chi connectivity index (χ2n) is 3.87. The molecule has 86 valence electrons. The number of carbonyl (C=O) groups is 1. The Hall–Kier alpha value is -1.46. The maximum atomic E-state index is 12.2. The minimum atomic E-state index is -0.170. The highest BCUT2D eigenvalue weighted by Crippen LogP contribution is 2.21. The molecule has 5 nitrogen and oxygen atoms in total. The van der Waals surface area contributed by atoms with E-state index in [-0.39, 0.29) is 17.7 Å². The Bertz CT molecular complexity index is 395. The minimum absolute atomic E-state index is 0.00227. The number of rotatable bonds is 3. The summed E-state index contributed by atoms with van der Waals surface area (Å²) in [6, 6.07) is 1.70. The van der Waals surface area contributed by atoms with E-state index in [1.807, 2.05) is 7.05 Å². The summed E-state index contributed by atoms with van der Waals surface area (Å²) in [5, 5.41) is 3.08. The van der Waals surface area contributed by atoms with Crippen LogP contribution in [0.15, 0.2) is 18.5 Å². The van der Waals surface area contributed by atoms with E-state index in [0.717, 1.165) is 0 Å². The monoisotopic (exact) mass is 221 g/mol. The Morgan fingerprint density at radius 3 is 3.12 bits per heavy atom. The number of ether oxygens (including phenoxy) is 1. The third-order valence-electron chi connectivity index (χ3n) is 2.91. The number of carbonyl (C=O) groups excluding carboxylic acids is 1. The number of nitrogen functional groups attached to an aromatic ring is 1. The summed E-state index contributed by atoms with van der Waals surface area (Å²) in [5.74, 6) is -0.168. The number of nitrogens with zero attached hydrogens (tertiary/aromatic N) is 1. The fourth-order valence-corrected chi connectivity index (χ4v) is 1.91. The molecule has 0 radical (unpaired) electrons. The van der Waals surface area contributed by atoms with E-state index in [4.69, 9.17) is 10.5 Å². The first-order valence-corrected chi connectivity index (χ1v) is 5.22. The van der Waals surface area contributed by atoms with Gasteiger partial charge in [0.2, 0.25) is 0 Å². The van der Waals surface area contributed by atoms with Crippen molar-refractivity contribution >= 4 is 11.5 Å². The average Bonchev–Trinajstić information content (AvgIpc) is 2.77. The van der Waals surface area contributed by atoms with E-state index >= 15 is 0 Å². The molecule has 1 aromatic heterocycles. The van der Waals surface area contributed by atoms with E-state index in [0.29, 0.717) is 24.5 Å². The lowest BCUT2D eigenvalue weighted by Gasteiger charge is -2.16. The van der Waals surface area contributed by atoms with Gasteiger partial charge >= 0.3 is 0 Å². The SMILES string of the molecule is CNC1COCC1C(=O)c1cnccc1N. The van der Waals surface area contributed by atoms with Crippen molar-refractivity contribution in [1.29, 1.82) is 0 Å². The van der Waals surface area contributed by atoms with Crippen LogP contribution in [0.25, 0.3) is 0 Å². The molecule has 2 unspecified atom stereocenters. The summed E-state index contributed by atoms with van der Waals surface area (Å²) in [7, 11) is 1.83. The van der Waals surface area contributed by atoms with Crippen LogP contribution in [0, 0.1) is 5.92 Å². The molecule has 2 rings (SSSR count). The Morgan fingerprint density at radius 1 is 1.62 bits per heavy atom. The molecule has 1 aliphatic rings. The normalized spacial score (nSPS) is 24.6. The van der Waals surface area contributed by atoms with Crippen molar-refractivity contribution in [3.05, 3.63) is 24.0 Å². The lowest BCUT2D eigenvalue weighted by Crippen LogP contribution is -2.37. The molecule has 1 fully saturated rings. The highest BCUT2D eigenvalue weighted by molar-refractivity contribution is 6.02. The van der Waals surface area contributed by atoms with Crippen LogP contribution in [0.5, 0.6) is 0 Å². The number of aromatic nitrogens is 1. The third kappa shape index (κ3) is 1.91. The van der Waals surface area contributed by atoms with Gasteiger partial charge in [-0.2, -0.15) is 0 Å². The van der Waals surface area contributed by atoms with Crippen LogP contribution in [0.2, 0.25) is 0 Å². The number of nitrogens with one attached hydrogen (secondary N) is 1. The number of nitrogens with two attached hydrogens (primary N) is 1. The first-order valence-electron chi connectivity index (χ1n) is 5.22. The Labute approximate surface area is 94.0 Å². The summed E-state index contributed by atoms with van der Waals surface area (Å²) in [5.41, 5.74) is 6.71. The molecule has 16 heavy (non-hydrogen) atoms. The Morgan fingerprint density at radius 2 is 2.44 bits per heavy atom. The number of hydrogen-bond acceptors (Lipinski definition) is 5. The highest BCUT2D eigenvalue weighted by Gasteiger charge is 2.34. The molecule has 1 aromatic rings. The smallest absolute Gasteiger partial charge is 0.173 e. The van der Waals surface area contributed by atoms with Gasteiger partial charge in [-0.15, -0.1) is 0 Å². The Balaban J connectivity index is 2.22. The van der Waals surface area contributed by atoms with E-state index < -0.39 is 0 Å². The molecule has 2 heterocycles. The zero-order valence-corrected chi connectivity index (χ0v) is 9.14. The van der Waals surface area contributed by atoms with Gasteiger partial charge in [-0.1, -0.05) is 0 Å². The first-order chi connectivity index (χ1) is 7.74. The van der Waals surface area contributed by atoms with Crippen molar-refractivity contribution in [3.63, 3.8) is 0 Å². The summed E-state index contributed by atoms with van der Waals surface area (Å²) < 4.78 is 5.30. The van der Waals surface area contributed by atoms with Crippen molar-refractivity contribution in [2.24, 2.45) is 5.92 Å². The number of pyridine rings is 1. The van der Waals surface area contributed by atoms with Gasteiger partial charge in [0.15, 0.2) is 5.78 Å². The van der Waals surface area contributed by atoms with Crippen LogP contribution in [0.4, 0.5) is 5.69 Å². The number of Topliss-reactive ketones (excluding diaryl/α,β-unsaturated/α-hetero) is 1. The van der Waals surface area contributed by atoms with Crippen molar-refractivity contribution in [3.8, 4) is 0 Å². The number of anilines is 1. The molecule has 0 spiro atoms. The zero-order chi connectivity index (χ0) is 11.5. The zero-order valence-electron chi connectivity index (χ0n) is 9.14. The molecule has 3 N–H and O–H groups in total. The molecule has 2 atom stereocenters. The third-order valence-corrected chi connectivity index (χ3v) is 2.91. The predicted molar refractivity (Wildman–Crippen MR) is 60.1 cm³/mol. The molecule has 0 saturated carbocycles. The fourth-order valence-electron chi connectivity index (χ4n) is 1.91. The summed E-state index contributed by atoms with van der Waals surface area (Å²) in [6.45, 7) is 1.01. The van der Waals surface area contributed by atoms with E-state index in [1.165, 1.54) is 6.20 Å². The largest absolute Gasteiger partial charge is 0.398 e. The molecular formula is C11H15N3O2.